The largest absolute Gasteiger partial charge is 0.493 e. The van der Waals surface area contributed by atoms with Gasteiger partial charge in [-0.3, -0.25) is 0 Å². The molecule has 5 heteroatoms. The van der Waals surface area contributed by atoms with Crippen molar-refractivity contribution in [1.29, 1.82) is 0 Å². The molecule has 0 saturated heterocycles. The van der Waals surface area contributed by atoms with Crippen LogP contribution in [0.3, 0.4) is 0 Å². The van der Waals surface area contributed by atoms with E-state index < -0.39 is 5.38 Å². The van der Waals surface area contributed by atoms with Crippen molar-refractivity contribution in [2.45, 2.75) is 11.8 Å². The van der Waals surface area contributed by atoms with Crippen molar-refractivity contribution in [2.24, 2.45) is 0 Å². The van der Waals surface area contributed by atoms with Crippen molar-refractivity contribution in [3.05, 3.63) is 62.3 Å². The zero-order valence-electron chi connectivity index (χ0n) is 10.3. The lowest BCUT2D eigenvalue weighted by atomic mass is 10.00. The minimum absolute atomic E-state index is 0.356. The molecule has 0 aromatic heterocycles. The summed E-state index contributed by atoms with van der Waals surface area (Å²) < 4.78 is 20.5. The van der Waals surface area contributed by atoms with Crippen LogP contribution in [0.15, 0.2) is 34.8 Å². The molecule has 1 heterocycles. The lowest BCUT2D eigenvalue weighted by molar-refractivity contribution is 0.353. The van der Waals surface area contributed by atoms with Gasteiger partial charge in [0.15, 0.2) is 0 Å². The first-order valence-corrected chi connectivity index (χ1v) is 7.71. The fourth-order valence-electron chi connectivity index (χ4n) is 2.36. The van der Waals surface area contributed by atoms with E-state index in [1.54, 1.807) is 6.07 Å². The summed E-state index contributed by atoms with van der Waals surface area (Å²) in [4.78, 5) is 0. The first-order valence-electron chi connectivity index (χ1n) is 6.10. The highest BCUT2D eigenvalue weighted by Gasteiger charge is 2.25. The second-order valence-electron chi connectivity index (χ2n) is 4.61. The number of ether oxygens (including phenoxy) is 1. The number of hydrogen-bond acceptors (Lipinski definition) is 1. The van der Waals surface area contributed by atoms with Gasteiger partial charge in [0.05, 0.1) is 12.0 Å². The van der Waals surface area contributed by atoms with E-state index in [0.717, 1.165) is 27.8 Å². The van der Waals surface area contributed by atoms with Gasteiger partial charge in [-0.1, -0.05) is 27.5 Å². The lowest BCUT2D eigenvalue weighted by Crippen LogP contribution is -2.00. The zero-order valence-corrected chi connectivity index (χ0v) is 13.4. The van der Waals surface area contributed by atoms with Crippen molar-refractivity contribution in [3.8, 4) is 5.75 Å². The first-order chi connectivity index (χ1) is 9.56. The normalized spacial score (nSPS) is 14.8. The topological polar surface area (TPSA) is 9.23 Å². The number of alkyl halides is 1. The van der Waals surface area contributed by atoms with Crippen LogP contribution in [0.25, 0.3) is 0 Å². The average molecular weight is 376 g/mol. The van der Waals surface area contributed by atoms with Crippen molar-refractivity contribution in [1.82, 2.24) is 0 Å². The van der Waals surface area contributed by atoms with Gasteiger partial charge in [-0.15, -0.1) is 11.6 Å². The number of benzene rings is 2. The third-order valence-corrected chi connectivity index (χ3v) is 4.44. The molecule has 0 N–H and O–H groups in total. The van der Waals surface area contributed by atoms with Gasteiger partial charge in [0, 0.05) is 27.0 Å². The standard InChI is InChI=1S/C15H10BrCl2FO/c16-9-5-8-3-4-20-15(8)12(6-9)14(18)11-7-10(17)1-2-13(11)19/h1-2,5-7,14H,3-4H2. The van der Waals surface area contributed by atoms with Gasteiger partial charge in [-0.2, -0.15) is 0 Å². The van der Waals surface area contributed by atoms with Gasteiger partial charge < -0.3 is 4.74 Å². The van der Waals surface area contributed by atoms with Crippen molar-refractivity contribution in [3.63, 3.8) is 0 Å². The average Bonchev–Trinajstić information content (AvgIpc) is 2.87. The van der Waals surface area contributed by atoms with Gasteiger partial charge >= 0.3 is 0 Å². The Bertz CT molecular complexity index is 675. The van der Waals surface area contributed by atoms with Crippen molar-refractivity contribution < 1.29 is 9.13 Å². The van der Waals surface area contributed by atoms with E-state index >= 15 is 0 Å². The van der Waals surface area contributed by atoms with Gasteiger partial charge in [0.2, 0.25) is 0 Å². The summed E-state index contributed by atoms with van der Waals surface area (Å²) in [6.45, 7) is 0.625. The second kappa shape index (κ2) is 5.55. The Kier molecular flexibility index (Phi) is 3.93. The minimum Gasteiger partial charge on any atom is -0.493 e. The molecule has 1 unspecified atom stereocenters. The molecule has 0 spiro atoms. The minimum atomic E-state index is -0.641. The van der Waals surface area contributed by atoms with E-state index in [1.807, 2.05) is 12.1 Å². The molecule has 0 bridgehead atoms. The summed E-state index contributed by atoms with van der Waals surface area (Å²) in [6, 6.07) is 8.25. The molecule has 2 aromatic rings. The van der Waals surface area contributed by atoms with E-state index in [9.17, 15) is 4.39 Å². The summed E-state index contributed by atoms with van der Waals surface area (Å²) in [5, 5.41) is -0.183. The molecule has 2 aromatic carbocycles. The van der Waals surface area contributed by atoms with Crippen LogP contribution < -0.4 is 4.74 Å². The lowest BCUT2D eigenvalue weighted by Gasteiger charge is -2.16. The van der Waals surface area contributed by atoms with Crippen LogP contribution in [0.5, 0.6) is 5.75 Å². The quantitative estimate of drug-likeness (QED) is 0.629. The maximum absolute atomic E-state index is 14.0. The number of hydrogen-bond donors (Lipinski definition) is 0. The fraction of sp³-hybridized carbons (Fsp3) is 0.200. The Morgan fingerprint density at radius 3 is 2.80 bits per heavy atom. The SMILES string of the molecule is Fc1ccc(Cl)cc1C(Cl)c1cc(Br)cc2c1OCC2. The summed E-state index contributed by atoms with van der Waals surface area (Å²) in [5.41, 5.74) is 2.20. The predicted molar refractivity (Wildman–Crippen MR) is 82.4 cm³/mol. The molecule has 1 aliphatic heterocycles. The fourth-order valence-corrected chi connectivity index (χ4v) is 3.40. The van der Waals surface area contributed by atoms with E-state index in [2.05, 4.69) is 15.9 Å². The van der Waals surface area contributed by atoms with Crippen molar-refractivity contribution in [2.75, 3.05) is 6.61 Å². The molecule has 0 saturated carbocycles. The molecule has 1 atom stereocenters. The van der Waals surface area contributed by atoms with Gasteiger partial charge in [0.25, 0.3) is 0 Å². The molecule has 3 rings (SSSR count). The van der Waals surface area contributed by atoms with Crippen LogP contribution in [0.2, 0.25) is 5.02 Å². The molecule has 0 radical (unpaired) electrons. The maximum Gasteiger partial charge on any atom is 0.128 e. The maximum atomic E-state index is 14.0. The smallest absolute Gasteiger partial charge is 0.128 e. The van der Waals surface area contributed by atoms with Crippen LogP contribution in [0.4, 0.5) is 4.39 Å². The molecule has 20 heavy (non-hydrogen) atoms. The Morgan fingerprint density at radius 2 is 2.00 bits per heavy atom. The summed E-state index contributed by atoms with van der Waals surface area (Å²) in [6.07, 6.45) is 0.837. The Labute approximate surface area is 134 Å². The van der Waals surface area contributed by atoms with Crippen LogP contribution in [0.1, 0.15) is 22.1 Å². The highest BCUT2D eigenvalue weighted by atomic mass is 79.9. The van der Waals surface area contributed by atoms with E-state index in [-0.39, 0.29) is 5.82 Å². The molecule has 0 fully saturated rings. The van der Waals surface area contributed by atoms with Crippen LogP contribution in [-0.4, -0.2) is 6.61 Å². The van der Waals surface area contributed by atoms with Crippen LogP contribution in [-0.2, 0) is 6.42 Å². The van der Waals surface area contributed by atoms with Crippen LogP contribution >= 0.6 is 39.1 Å². The molecule has 1 aliphatic rings. The Hall–Kier alpha value is -0.770. The highest BCUT2D eigenvalue weighted by molar-refractivity contribution is 9.10. The third-order valence-electron chi connectivity index (χ3n) is 3.28. The highest BCUT2D eigenvalue weighted by Crippen LogP contribution is 2.42. The zero-order chi connectivity index (χ0) is 14.3. The first kappa shape index (κ1) is 14.2. The van der Waals surface area contributed by atoms with Gasteiger partial charge in [-0.25, -0.2) is 4.39 Å². The summed E-state index contributed by atoms with van der Waals surface area (Å²) >= 11 is 15.9. The molecular weight excluding hydrogens is 366 g/mol. The predicted octanol–water partition coefficient (Wildman–Crippen LogP) is 5.50. The second-order valence-corrected chi connectivity index (χ2v) is 6.40. The number of halogens is 4. The summed E-state index contributed by atoms with van der Waals surface area (Å²) in [7, 11) is 0. The molecule has 0 amide bonds. The number of rotatable bonds is 2. The van der Waals surface area contributed by atoms with Crippen molar-refractivity contribution >= 4 is 39.1 Å². The monoisotopic (exact) mass is 374 g/mol. The van der Waals surface area contributed by atoms with Crippen LogP contribution in [0, 0.1) is 5.82 Å². The Morgan fingerprint density at radius 1 is 1.20 bits per heavy atom. The number of fused-ring (bicyclic) bond motifs is 1. The van der Waals surface area contributed by atoms with Gasteiger partial charge in [-0.05, 0) is 35.9 Å². The summed E-state index contributed by atoms with van der Waals surface area (Å²) in [5.74, 6) is 0.383. The molecule has 104 valence electrons. The van der Waals surface area contributed by atoms with E-state index in [1.165, 1.54) is 12.1 Å². The van der Waals surface area contributed by atoms with E-state index in [4.69, 9.17) is 27.9 Å². The molecule has 1 nitrogen and oxygen atoms in total. The molecular formula is C15H10BrCl2FO. The molecule has 0 aliphatic carbocycles. The van der Waals surface area contributed by atoms with Gasteiger partial charge in [0.1, 0.15) is 11.6 Å². The third kappa shape index (κ3) is 2.54. The van der Waals surface area contributed by atoms with E-state index in [0.29, 0.717) is 17.2 Å². The Balaban J connectivity index is 2.11.